The van der Waals surface area contributed by atoms with Gasteiger partial charge in [0, 0.05) is 37.6 Å². The van der Waals surface area contributed by atoms with Crippen LogP contribution in [0.25, 0.3) is 0 Å². The molecule has 0 saturated carbocycles. The number of halogens is 1. The van der Waals surface area contributed by atoms with E-state index in [0.717, 1.165) is 31.7 Å². The highest BCUT2D eigenvalue weighted by molar-refractivity contribution is 6.00. The molecule has 5 nitrogen and oxygen atoms in total. The molecule has 4 N–H and O–H groups in total. The highest BCUT2D eigenvalue weighted by Gasteiger charge is 2.18. The van der Waals surface area contributed by atoms with E-state index in [1.165, 1.54) is 35.4 Å². The summed E-state index contributed by atoms with van der Waals surface area (Å²) in [5, 5.41) is 5.60. The van der Waals surface area contributed by atoms with Crippen molar-refractivity contribution in [3.8, 4) is 0 Å². The SMILES string of the molecule is NCCN1CCc2c(cccc2NC(=O)Nc2ccc(F)cc2)C1. The summed E-state index contributed by atoms with van der Waals surface area (Å²) >= 11 is 0. The Balaban J connectivity index is 1.68. The normalized spacial score (nSPS) is 14.1. The number of carbonyl (C=O) groups excluding carboxylic acids is 1. The third kappa shape index (κ3) is 3.90. The van der Waals surface area contributed by atoms with Gasteiger partial charge in [-0.15, -0.1) is 0 Å². The van der Waals surface area contributed by atoms with E-state index >= 15 is 0 Å². The quantitative estimate of drug-likeness (QED) is 0.808. The van der Waals surface area contributed by atoms with Crippen LogP contribution in [-0.4, -0.2) is 30.6 Å². The number of carbonyl (C=O) groups is 1. The number of nitrogens with two attached hydrogens (primary N) is 1. The van der Waals surface area contributed by atoms with Crippen molar-refractivity contribution in [1.29, 1.82) is 0 Å². The number of amides is 2. The van der Waals surface area contributed by atoms with Crippen molar-refractivity contribution >= 4 is 17.4 Å². The minimum absolute atomic E-state index is 0.333. The number of rotatable bonds is 4. The van der Waals surface area contributed by atoms with Crippen LogP contribution >= 0.6 is 0 Å². The van der Waals surface area contributed by atoms with Gasteiger partial charge < -0.3 is 16.4 Å². The van der Waals surface area contributed by atoms with E-state index in [9.17, 15) is 9.18 Å². The third-order valence-corrected chi connectivity index (χ3v) is 4.14. The first-order valence-corrected chi connectivity index (χ1v) is 8.02. The molecule has 0 spiro atoms. The molecule has 0 fully saturated rings. The van der Waals surface area contributed by atoms with Gasteiger partial charge >= 0.3 is 6.03 Å². The summed E-state index contributed by atoms with van der Waals surface area (Å²) in [5.41, 5.74) is 9.38. The van der Waals surface area contributed by atoms with Gasteiger partial charge in [-0.25, -0.2) is 9.18 Å². The average molecular weight is 328 g/mol. The molecule has 1 heterocycles. The Morgan fingerprint density at radius 1 is 1.17 bits per heavy atom. The predicted octanol–water partition coefficient (Wildman–Crippen LogP) is 2.79. The second kappa shape index (κ2) is 7.42. The lowest BCUT2D eigenvalue weighted by Gasteiger charge is -2.29. The Hall–Kier alpha value is -2.44. The molecule has 0 bridgehead atoms. The van der Waals surface area contributed by atoms with Crippen molar-refractivity contribution in [3.63, 3.8) is 0 Å². The molecule has 2 amide bonds. The number of benzene rings is 2. The van der Waals surface area contributed by atoms with Gasteiger partial charge in [-0.2, -0.15) is 0 Å². The van der Waals surface area contributed by atoms with Crippen molar-refractivity contribution in [2.45, 2.75) is 13.0 Å². The maximum atomic E-state index is 12.9. The largest absolute Gasteiger partial charge is 0.329 e. The maximum Gasteiger partial charge on any atom is 0.323 e. The summed E-state index contributed by atoms with van der Waals surface area (Å²) in [4.78, 5) is 14.5. The van der Waals surface area contributed by atoms with Crippen LogP contribution in [0, 0.1) is 5.82 Å². The lowest BCUT2D eigenvalue weighted by atomic mass is 9.98. The van der Waals surface area contributed by atoms with Gasteiger partial charge in [-0.1, -0.05) is 12.1 Å². The lowest BCUT2D eigenvalue weighted by molar-refractivity contribution is 0.260. The first kappa shape index (κ1) is 16.4. The van der Waals surface area contributed by atoms with Crippen LogP contribution in [0.15, 0.2) is 42.5 Å². The fourth-order valence-corrected chi connectivity index (χ4v) is 2.98. The Morgan fingerprint density at radius 2 is 1.96 bits per heavy atom. The fourth-order valence-electron chi connectivity index (χ4n) is 2.98. The number of hydrogen-bond donors (Lipinski definition) is 3. The lowest BCUT2D eigenvalue weighted by Crippen LogP contribution is -2.35. The summed E-state index contributed by atoms with van der Waals surface area (Å²) in [6.45, 7) is 3.31. The molecule has 0 atom stereocenters. The van der Waals surface area contributed by atoms with Gasteiger partial charge in [-0.3, -0.25) is 4.90 Å². The van der Waals surface area contributed by atoms with E-state index in [1.807, 2.05) is 12.1 Å². The van der Waals surface area contributed by atoms with Crippen molar-refractivity contribution in [3.05, 3.63) is 59.4 Å². The van der Waals surface area contributed by atoms with Gasteiger partial charge in [0.25, 0.3) is 0 Å². The molecule has 1 aliphatic heterocycles. The highest BCUT2D eigenvalue weighted by Crippen LogP contribution is 2.26. The maximum absolute atomic E-state index is 12.9. The molecule has 0 saturated heterocycles. The van der Waals surface area contributed by atoms with Gasteiger partial charge in [0.2, 0.25) is 0 Å². The number of nitrogens with zero attached hydrogens (tertiary/aromatic N) is 1. The van der Waals surface area contributed by atoms with E-state index in [0.29, 0.717) is 12.2 Å². The molecule has 1 aliphatic rings. The van der Waals surface area contributed by atoms with Crippen LogP contribution in [0.3, 0.4) is 0 Å². The van der Waals surface area contributed by atoms with Crippen LogP contribution in [0.1, 0.15) is 11.1 Å². The molecular formula is C18H21FN4O. The number of hydrogen-bond acceptors (Lipinski definition) is 3. The molecule has 126 valence electrons. The van der Waals surface area contributed by atoms with Crippen LogP contribution in [-0.2, 0) is 13.0 Å². The molecule has 2 aromatic carbocycles. The first-order valence-electron chi connectivity index (χ1n) is 8.02. The van der Waals surface area contributed by atoms with Crippen molar-refractivity contribution < 1.29 is 9.18 Å². The minimum atomic E-state index is -0.334. The standard InChI is InChI=1S/C18H21FN4O/c19-14-4-6-15(7-5-14)21-18(24)22-17-3-1-2-13-12-23(11-9-20)10-8-16(13)17/h1-7H,8-12,20H2,(H2,21,22,24). The summed E-state index contributed by atoms with van der Waals surface area (Å²) < 4.78 is 12.9. The highest BCUT2D eigenvalue weighted by atomic mass is 19.1. The minimum Gasteiger partial charge on any atom is -0.329 e. The Labute approximate surface area is 140 Å². The summed E-state index contributed by atoms with van der Waals surface area (Å²) in [7, 11) is 0. The molecule has 6 heteroatoms. The topological polar surface area (TPSA) is 70.4 Å². The molecule has 3 rings (SSSR count). The zero-order valence-electron chi connectivity index (χ0n) is 13.4. The van der Waals surface area contributed by atoms with Crippen molar-refractivity contribution in [1.82, 2.24) is 4.90 Å². The van der Waals surface area contributed by atoms with E-state index in [2.05, 4.69) is 21.6 Å². The number of fused-ring (bicyclic) bond motifs is 1. The van der Waals surface area contributed by atoms with Crippen LogP contribution in [0.5, 0.6) is 0 Å². The monoisotopic (exact) mass is 328 g/mol. The van der Waals surface area contributed by atoms with Gasteiger partial charge in [0.05, 0.1) is 0 Å². The molecule has 0 unspecified atom stereocenters. The van der Waals surface area contributed by atoms with E-state index in [4.69, 9.17) is 5.73 Å². The van der Waals surface area contributed by atoms with Crippen molar-refractivity contribution in [2.24, 2.45) is 5.73 Å². The molecular weight excluding hydrogens is 307 g/mol. The Bertz CT molecular complexity index is 717. The Kier molecular flexibility index (Phi) is 5.08. The zero-order valence-corrected chi connectivity index (χ0v) is 13.4. The number of nitrogens with one attached hydrogen (secondary N) is 2. The van der Waals surface area contributed by atoms with Gasteiger partial charge in [-0.05, 0) is 47.9 Å². The average Bonchev–Trinajstić information content (AvgIpc) is 2.57. The van der Waals surface area contributed by atoms with Gasteiger partial charge in [0.1, 0.15) is 5.82 Å². The van der Waals surface area contributed by atoms with E-state index < -0.39 is 0 Å². The van der Waals surface area contributed by atoms with E-state index in [-0.39, 0.29) is 11.8 Å². The van der Waals surface area contributed by atoms with Crippen molar-refractivity contribution in [2.75, 3.05) is 30.3 Å². The second-order valence-electron chi connectivity index (χ2n) is 5.84. The predicted molar refractivity (Wildman–Crippen MR) is 93.5 cm³/mol. The smallest absolute Gasteiger partial charge is 0.323 e. The van der Waals surface area contributed by atoms with Gasteiger partial charge in [0.15, 0.2) is 0 Å². The van der Waals surface area contributed by atoms with Crippen LogP contribution < -0.4 is 16.4 Å². The van der Waals surface area contributed by atoms with Crippen LogP contribution in [0.2, 0.25) is 0 Å². The third-order valence-electron chi connectivity index (χ3n) is 4.14. The zero-order chi connectivity index (χ0) is 16.9. The molecule has 0 radical (unpaired) electrons. The fraction of sp³-hybridized carbons (Fsp3) is 0.278. The summed E-state index contributed by atoms with van der Waals surface area (Å²) in [6.07, 6.45) is 0.877. The molecule has 0 aromatic heterocycles. The first-order chi connectivity index (χ1) is 11.7. The molecule has 24 heavy (non-hydrogen) atoms. The Morgan fingerprint density at radius 3 is 2.71 bits per heavy atom. The summed E-state index contributed by atoms with van der Waals surface area (Å²) in [5.74, 6) is -0.333. The van der Waals surface area contributed by atoms with E-state index in [1.54, 1.807) is 0 Å². The molecule has 0 aliphatic carbocycles. The van der Waals surface area contributed by atoms with Crippen LogP contribution in [0.4, 0.5) is 20.6 Å². The molecule has 2 aromatic rings. The number of urea groups is 1. The number of anilines is 2. The second-order valence-corrected chi connectivity index (χ2v) is 5.84. The summed E-state index contributed by atoms with van der Waals surface area (Å²) in [6, 6.07) is 11.3.